The Balaban J connectivity index is 2.13. The van der Waals surface area contributed by atoms with Crippen molar-refractivity contribution in [3.63, 3.8) is 0 Å². The van der Waals surface area contributed by atoms with Crippen LogP contribution in [0, 0.1) is 11.3 Å². The number of piperazine rings is 1. The number of hydrogen-bond acceptors (Lipinski definition) is 4. The van der Waals surface area contributed by atoms with Crippen LogP contribution in [0.3, 0.4) is 0 Å². The van der Waals surface area contributed by atoms with E-state index < -0.39 is 0 Å². The zero-order valence-corrected chi connectivity index (χ0v) is 12.0. The highest BCUT2D eigenvalue weighted by atomic mass is 32.1. The van der Waals surface area contributed by atoms with Gasteiger partial charge in [0.15, 0.2) is 0 Å². The molecule has 1 aromatic heterocycles. The molecule has 4 heteroatoms. The van der Waals surface area contributed by atoms with Crippen molar-refractivity contribution < 1.29 is 0 Å². The summed E-state index contributed by atoms with van der Waals surface area (Å²) in [7, 11) is 0. The van der Waals surface area contributed by atoms with Crippen molar-refractivity contribution in [1.29, 1.82) is 5.26 Å². The Bertz CT molecular complexity index is 396. The molecule has 2 rings (SSSR count). The van der Waals surface area contributed by atoms with E-state index in [0.717, 1.165) is 32.6 Å². The lowest BCUT2D eigenvalue weighted by atomic mass is 10.1. The Morgan fingerprint density at radius 1 is 1.50 bits per heavy atom. The number of hydrogen-bond donors (Lipinski definition) is 0. The fourth-order valence-electron chi connectivity index (χ4n) is 2.67. The van der Waals surface area contributed by atoms with E-state index in [2.05, 4.69) is 41.2 Å². The van der Waals surface area contributed by atoms with Crippen LogP contribution in [0.25, 0.3) is 0 Å². The summed E-state index contributed by atoms with van der Waals surface area (Å²) in [6.45, 7) is 8.72. The predicted molar refractivity (Wildman–Crippen MR) is 75.6 cm³/mol. The van der Waals surface area contributed by atoms with Crippen LogP contribution >= 0.6 is 11.3 Å². The second kappa shape index (κ2) is 6.33. The molecule has 0 N–H and O–H groups in total. The molecule has 3 nitrogen and oxygen atoms in total. The molecule has 0 radical (unpaired) electrons. The number of thiophene rings is 1. The van der Waals surface area contributed by atoms with Crippen molar-refractivity contribution in [1.82, 2.24) is 9.80 Å². The highest BCUT2D eigenvalue weighted by Gasteiger charge is 2.31. The van der Waals surface area contributed by atoms with Crippen molar-refractivity contribution in [2.45, 2.75) is 32.4 Å². The first-order valence-corrected chi connectivity index (χ1v) is 7.59. The van der Waals surface area contributed by atoms with Crippen LogP contribution < -0.4 is 0 Å². The molecule has 2 atom stereocenters. The minimum absolute atomic E-state index is 0.0612. The first kappa shape index (κ1) is 13.5. The summed E-state index contributed by atoms with van der Waals surface area (Å²) in [6.07, 6.45) is 1.11. The van der Waals surface area contributed by atoms with Gasteiger partial charge in [-0.1, -0.05) is 19.9 Å². The maximum atomic E-state index is 9.49. The lowest BCUT2D eigenvalue weighted by Gasteiger charge is -2.42. The maximum Gasteiger partial charge on any atom is 0.133 e. The molecule has 0 aliphatic carbocycles. The summed E-state index contributed by atoms with van der Waals surface area (Å²) >= 11 is 1.69. The second-order valence-corrected chi connectivity index (χ2v) is 5.72. The molecule has 1 aliphatic rings. The Morgan fingerprint density at radius 3 is 2.89 bits per heavy atom. The van der Waals surface area contributed by atoms with Gasteiger partial charge in [-0.15, -0.1) is 11.3 Å². The van der Waals surface area contributed by atoms with Crippen LogP contribution in [-0.4, -0.2) is 42.0 Å². The van der Waals surface area contributed by atoms with Crippen molar-refractivity contribution in [3.8, 4) is 6.07 Å². The molecule has 0 amide bonds. The third-order valence-corrected chi connectivity index (χ3v) is 4.72. The van der Waals surface area contributed by atoms with Gasteiger partial charge in [-0.3, -0.25) is 4.90 Å². The van der Waals surface area contributed by atoms with E-state index in [1.54, 1.807) is 11.3 Å². The second-order valence-electron chi connectivity index (χ2n) is 4.74. The fourth-order valence-corrected chi connectivity index (χ4v) is 3.46. The van der Waals surface area contributed by atoms with Gasteiger partial charge < -0.3 is 4.90 Å². The normalized spacial score (nSPS) is 23.7. The van der Waals surface area contributed by atoms with Crippen LogP contribution in [-0.2, 0) is 0 Å². The van der Waals surface area contributed by atoms with Gasteiger partial charge in [0, 0.05) is 30.6 Å². The van der Waals surface area contributed by atoms with E-state index in [-0.39, 0.29) is 6.04 Å². The smallest absolute Gasteiger partial charge is 0.133 e. The number of nitrogens with zero attached hydrogens (tertiary/aromatic N) is 3. The highest BCUT2D eigenvalue weighted by Crippen LogP contribution is 2.29. The summed E-state index contributed by atoms with van der Waals surface area (Å²) in [5.74, 6) is 0. The van der Waals surface area contributed by atoms with E-state index in [1.807, 2.05) is 6.07 Å². The Hall–Kier alpha value is -0.890. The van der Waals surface area contributed by atoms with E-state index >= 15 is 0 Å². The van der Waals surface area contributed by atoms with Crippen molar-refractivity contribution in [2.24, 2.45) is 0 Å². The summed E-state index contributed by atoms with van der Waals surface area (Å²) in [6, 6.07) is 7.05. The molecular weight excluding hydrogens is 242 g/mol. The number of likely N-dealkylation sites (N-methyl/N-ethyl adjacent to an activating group) is 1. The molecule has 98 valence electrons. The van der Waals surface area contributed by atoms with Crippen LogP contribution in [0.1, 0.15) is 31.2 Å². The molecule has 1 fully saturated rings. The monoisotopic (exact) mass is 263 g/mol. The third kappa shape index (κ3) is 2.74. The van der Waals surface area contributed by atoms with Crippen LogP contribution in [0.5, 0.6) is 0 Å². The Kier molecular flexibility index (Phi) is 4.76. The van der Waals surface area contributed by atoms with E-state index in [9.17, 15) is 5.26 Å². The van der Waals surface area contributed by atoms with Gasteiger partial charge in [0.2, 0.25) is 0 Å². The van der Waals surface area contributed by atoms with Crippen LogP contribution in [0.4, 0.5) is 0 Å². The molecule has 18 heavy (non-hydrogen) atoms. The highest BCUT2D eigenvalue weighted by molar-refractivity contribution is 7.10. The number of rotatable bonds is 4. The predicted octanol–water partition coefficient (Wildman–Crippen LogP) is 2.73. The zero-order valence-electron chi connectivity index (χ0n) is 11.2. The SMILES string of the molecule is CCC1CN(CC)CCN1C(C#N)c1cccs1. The topological polar surface area (TPSA) is 30.3 Å². The number of nitriles is 1. The molecular formula is C14H21N3S. The average molecular weight is 263 g/mol. The van der Waals surface area contributed by atoms with Crippen molar-refractivity contribution >= 4 is 11.3 Å². The fraction of sp³-hybridized carbons (Fsp3) is 0.643. The average Bonchev–Trinajstić information content (AvgIpc) is 2.94. The molecule has 0 aromatic carbocycles. The summed E-state index contributed by atoms with van der Waals surface area (Å²) in [5, 5.41) is 11.5. The van der Waals surface area contributed by atoms with E-state index in [0.29, 0.717) is 6.04 Å². The van der Waals surface area contributed by atoms with E-state index in [4.69, 9.17) is 0 Å². The van der Waals surface area contributed by atoms with Gasteiger partial charge in [-0.2, -0.15) is 5.26 Å². The molecule has 2 unspecified atom stereocenters. The van der Waals surface area contributed by atoms with Gasteiger partial charge in [-0.25, -0.2) is 0 Å². The van der Waals surface area contributed by atoms with Crippen LogP contribution in [0.15, 0.2) is 17.5 Å². The third-order valence-electron chi connectivity index (χ3n) is 3.80. The molecule has 0 saturated carbocycles. The van der Waals surface area contributed by atoms with Crippen molar-refractivity contribution in [3.05, 3.63) is 22.4 Å². The molecule has 2 heterocycles. The lowest BCUT2D eigenvalue weighted by Crippen LogP contribution is -2.53. The van der Waals surface area contributed by atoms with E-state index in [1.165, 1.54) is 4.88 Å². The van der Waals surface area contributed by atoms with Crippen molar-refractivity contribution in [2.75, 3.05) is 26.2 Å². The van der Waals surface area contributed by atoms with Gasteiger partial charge in [-0.05, 0) is 24.4 Å². The lowest BCUT2D eigenvalue weighted by molar-refractivity contribution is 0.0579. The summed E-state index contributed by atoms with van der Waals surface area (Å²) in [5.41, 5.74) is 0. The minimum atomic E-state index is -0.0612. The quantitative estimate of drug-likeness (QED) is 0.836. The van der Waals surface area contributed by atoms with Gasteiger partial charge in [0.05, 0.1) is 6.07 Å². The maximum absolute atomic E-state index is 9.49. The molecule has 1 aliphatic heterocycles. The first-order valence-electron chi connectivity index (χ1n) is 6.71. The Labute approximate surface area is 114 Å². The van der Waals surface area contributed by atoms with Gasteiger partial charge in [0.1, 0.15) is 6.04 Å². The minimum Gasteiger partial charge on any atom is -0.301 e. The van der Waals surface area contributed by atoms with Crippen LogP contribution in [0.2, 0.25) is 0 Å². The zero-order chi connectivity index (χ0) is 13.0. The van der Waals surface area contributed by atoms with Gasteiger partial charge >= 0.3 is 0 Å². The largest absolute Gasteiger partial charge is 0.301 e. The molecule has 0 bridgehead atoms. The first-order chi connectivity index (χ1) is 8.80. The summed E-state index contributed by atoms with van der Waals surface area (Å²) < 4.78 is 0. The molecule has 0 spiro atoms. The molecule has 1 saturated heterocycles. The molecule has 1 aromatic rings. The van der Waals surface area contributed by atoms with Gasteiger partial charge in [0.25, 0.3) is 0 Å². The standard InChI is InChI=1S/C14H21N3S/c1-3-12-11-16(4-2)7-8-17(12)13(10-15)14-6-5-9-18-14/h5-6,9,12-13H,3-4,7-8,11H2,1-2H3. The summed E-state index contributed by atoms with van der Waals surface area (Å²) in [4.78, 5) is 6.05. The Morgan fingerprint density at radius 2 is 2.33 bits per heavy atom.